The number of aromatic nitrogens is 3. The van der Waals surface area contributed by atoms with Crippen molar-refractivity contribution in [2.75, 3.05) is 51.4 Å². The molecule has 1 N–H and O–H groups in total. The van der Waals surface area contributed by atoms with Crippen molar-refractivity contribution in [1.29, 1.82) is 0 Å². The second kappa shape index (κ2) is 14.9. The number of methoxy groups -OCH3 is 1. The number of hydrogen-bond acceptors (Lipinski definition) is 11. The number of pyridine rings is 1. The van der Waals surface area contributed by atoms with Gasteiger partial charge in [-0.1, -0.05) is 30.3 Å². The summed E-state index contributed by atoms with van der Waals surface area (Å²) in [4.78, 5) is 45.4. The number of halogens is 2. The number of amides is 1. The average molecular weight is 793 g/mol. The smallest absolute Gasteiger partial charge is 0.407 e. The number of piperidine rings is 1. The number of carbonyl (C=O) groups is 2. The van der Waals surface area contributed by atoms with Gasteiger partial charge < -0.3 is 29.2 Å². The van der Waals surface area contributed by atoms with Gasteiger partial charge in [-0.05, 0) is 99.0 Å². The van der Waals surface area contributed by atoms with Crippen molar-refractivity contribution >= 4 is 39.6 Å². The summed E-state index contributed by atoms with van der Waals surface area (Å²) in [6, 6.07) is 14.3. The highest BCUT2D eigenvalue weighted by molar-refractivity contribution is 6.03. The maximum atomic E-state index is 17.6. The van der Waals surface area contributed by atoms with Crippen LogP contribution in [0.4, 0.5) is 19.4 Å². The second-order valence-corrected chi connectivity index (χ2v) is 16.4. The molecule has 0 radical (unpaired) electrons. The van der Waals surface area contributed by atoms with Crippen LogP contribution < -0.4 is 24.4 Å². The van der Waals surface area contributed by atoms with E-state index in [9.17, 15) is 14.0 Å². The Morgan fingerprint density at radius 3 is 2.79 bits per heavy atom. The molecule has 302 valence electrons. The topological polar surface area (TPSA) is 128 Å². The van der Waals surface area contributed by atoms with Gasteiger partial charge in [-0.25, -0.2) is 18.4 Å². The van der Waals surface area contributed by atoms with Crippen LogP contribution in [0.1, 0.15) is 66.9 Å². The number of nitrogens with one attached hydrogen (secondary N) is 1. The number of anilines is 1. The van der Waals surface area contributed by atoms with Crippen molar-refractivity contribution in [1.82, 2.24) is 25.2 Å². The standard InChI is InChI=1S/C44H46F2N6O6/c1-26-9-4-13-33(55-3)34(26)40(53)58-30-19-28-11-5-10-27-12-6-18-56-42(54)50-43(2)14-7-16-51(24-43)39-32-22-47-37(31(20-30)35(27)28)36(46)38(32)48-41(49-39)57-25-44-15-8-17-52(44)23-29(45)21-44/h4-5,9-11,13,19-20,22,29H,6-8,12,14-18,21,23-25H2,1-3H3,(H,50,54)/t29-,43-,44+/m1/s1. The van der Waals surface area contributed by atoms with Gasteiger partial charge in [0.1, 0.15) is 46.9 Å². The third-order valence-corrected chi connectivity index (χ3v) is 12.3. The molecule has 5 aromatic rings. The lowest BCUT2D eigenvalue weighted by molar-refractivity contribution is 0.0730. The molecule has 0 aliphatic carbocycles. The zero-order valence-electron chi connectivity index (χ0n) is 32.9. The molecule has 3 fully saturated rings. The number of ether oxygens (including phenoxy) is 4. The van der Waals surface area contributed by atoms with Crippen LogP contribution in [0.25, 0.3) is 32.9 Å². The molecular formula is C44H46F2N6O6. The number of fused-ring (bicyclic) bond motifs is 7. The highest BCUT2D eigenvalue weighted by Gasteiger charge is 2.49. The Bertz CT molecular complexity index is 2450. The van der Waals surface area contributed by atoms with Crippen molar-refractivity contribution in [2.45, 2.75) is 76.0 Å². The van der Waals surface area contributed by atoms with Crippen LogP contribution in [-0.4, -0.2) is 95.7 Å². The van der Waals surface area contributed by atoms with Gasteiger partial charge in [0.25, 0.3) is 0 Å². The van der Waals surface area contributed by atoms with Gasteiger partial charge in [-0.15, -0.1) is 0 Å². The minimum atomic E-state index is -0.946. The van der Waals surface area contributed by atoms with E-state index in [0.29, 0.717) is 84.2 Å². The number of hydrogen-bond donors (Lipinski definition) is 1. The third kappa shape index (κ3) is 6.90. The number of benzene rings is 3. The summed E-state index contributed by atoms with van der Waals surface area (Å²) < 4.78 is 55.9. The number of alkyl carbamates (subject to hydrolysis) is 1. The Morgan fingerprint density at radius 2 is 1.93 bits per heavy atom. The summed E-state index contributed by atoms with van der Waals surface area (Å²) in [5.41, 5.74) is 1.07. The second-order valence-electron chi connectivity index (χ2n) is 16.4. The van der Waals surface area contributed by atoms with Gasteiger partial charge in [0.15, 0.2) is 5.82 Å². The molecule has 3 saturated heterocycles. The van der Waals surface area contributed by atoms with E-state index in [-0.39, 0.29) is 41.7 Å². The molecule has 5 aliphatic rings. The zero-order chi connectivity index (χ0) is 40.2. The molecule has 3 atom stereocenters. The van der Waals surface area contributed by atoms with Crippen molar-refractivity contribution in [3.8, 4) is 28.8 Å². The quantitative estimate of drug-likeness (QED) is 0.136. The van der Waals surface area contributed by atoms with Crippen LogP contribution >= 0.6 is 0 Å². The molecule has 5 aliphatic heterocycles. The first-order chi connectivity index (χ1) is 28.0. The SMILES string of the molecule is COc1cccc(C)c1C(=O)Oc1cc2c3c(cccc3c1)CCCOC(=O)N[C@]1(C)CCCN(C1)c1nc(OC[C@@]34CCCN3C[C@H](F)C4)nc3c(F)c-2ncc13. The molecule has 2 aromatic heterocycles. The number of aryl methyl sites for hydroxylation is 2. The Labute approximate surface area is 334 Å². The monoisotopic (exact) mass is 792 g/mol. The van der Waals surface area contributed by atoms with Crippen LogP contribution in [0.5, 0.6) is 17.5 Å². The lowest BCUT2D eigenvalue weighted by Gasteiger charge is -2.41. The van der Waals surface area contributed by atoms with Crippen LogP contribution in [-0.2, 0) is 11.2 Å². The lowest BCUT2D eigenvalue weighted by Crippen LogP contribution is -2.57. The fourth-order valence-electron chi connectivity index (χ4n) is 9.56. The molecule has 12 nitrogen and oxygen atoms in total. The molecule has 3 aromatic carbocycles. The largest absolute Gasteiger partial charge is 0.496 e. The minimum absolute atomic E-state index is 0.00204. The first-order valence-corrected chi connectivity index (χ1v) is 20.0. The predicted octanol–water partition coefficient (Wildman–Crippen LogP) is 7.51. The summed E-state index contributed by atoms with van der Waals surface area (Å²) >= 11 is 0. The first kappa shape index (κ1) is 37.9. The van der Waals surface area contributed by atoms with E-state index >= 15 is 4.39 Å². The number of carbonyl (C=O) groups excluding carboxylic acids is 2. The van der Waals surface area contributed by atoms with E-state index in [4.69, 9.17) is 33.9 Å². The highest BCUT2D eigenvalue weighted by Crippen LogP contribution is 2.42. The first-order valence-electron chi connectivity index (χ1n) is 20.0. The minimum Gasteiger partial charge on any atom is -0.496 e. The molecule has 0 spiro atoms. The van der Waals surface area contributed by atoms with Crippen molar-refractivity contribution in [3.63, 3.8) is 0 Å². The molecular weight excluding hydrogens is 747 g/mol. The Morgan fingerprint density at radius 1 is 1.09 bits per heavy atom. The van der Waals surface area contributed by atoms with Crippen LogP contribution in [0.15, 0.2) is 54.7 Å². The van der Waals surface area contributed by atoms with E-state index < -0.39 is 35.1 Å². The highest BCUT2D eigenvalue weighted by atomic mass is 19.1. The lowest BCUT2D eigenvalue weighted by atomic mass is 9.91. The van der Waals surface area contributed by atoms with Gasteiger partial charge in [-0.3, -0.25) is 9.88 Å². The Kier molecular flexibility index (Phi) is 9.77. The molecule has 0 unspecified atom stereocenters. The van der Waals surface area contributed by atoms with E-state index in [1.807, 2.05) is 30.0 Å². The average Bonchev–Trinajstić information content (AvgIpc) is 3.73. The summed E-state index contributed by atoms with van der Waals surface area (Å²) in [5.74, 6) is -0.351. The van der Waals surface area contributed by atoms with Crippen LogP contribution in [0.3, 0.4) is 0 Å². The normalized spacial score (nSPS) is 23.4. The molecule has 10 rings (SSSR count). The Hall–Kier alpha value is -5.63. The number of esters is 1. The molecule has 1 amide bonds. The van der Waals surface area contributed by atoms with Crippen LogP contribution in [0.2, 0.25) is 0 Å². The maximum Gasteiger partial charge on any atom is 0.407 e. The molecule has 6 bridgehead atoms. The number of nitrogens with zero attached hydrogens (tertiary/aromatic N) is 5. The van der Waals surface area contributed by atoms with E-state index in [1.165, 1.54) is 7.11 Å². The summed E-state index contributed by atoms with van der Waals surface area (Å²) in [6.45, 7) is 6.19. The van der Waals surface area contributed by atoms with Gasteiger partial charge in [-0.2, -0.15) is 9.97 Å². The Balaban J connectivity index is 1.21. The number of rotatable bonds is 6. The van der Waals surface area contributed by atoms with Crippen LogP contribution in [0, 0.1) is 12.7 Å². The maximum absolute atomic E-state index is 17.6. The molecule has 14 heteroatoms. The van der Waals surface area contributed by atoms with E-state index in [0.717, 1.165) is 31.4 Å². The van der Waals surface area contributed by atoms with Crippen molar-refractivity contribution in [3.05, 3.63) is 77.2 Å². The molecule has 7 heterocycles. The van der Waals surface area contributed by atoms with Gasteiger partial charge >= 0.3 is 18.1 Å². The van der Waals surface area contributed by atoms with Gasteiger partial charge in [0, 0.05) is 37.8 Å². The van der Waals surface area contributed by atoms with Crippen molar-refractivity contribution in [2.24, 2.45) is 0 Å². The summed E-state index contributed by atoms with van der Waals surface area (Å²) in [6.07, 6.45) is 4.62. The number of alkyl halides is 1. The van der Waals surface area contributed by atoms with E-state index in [2.05, 4.69) is 10.2 Å². The molecule has 58 heavy (non-hydrogen) atoms. The third-order valence-electron chi connectivity index (χ3n) is 12.3. The fourth-order valence-corrected chi connectivity index (χ4v) is 9.56. The summed E-state index contributed by atoms with van der Waals surface area (Å²) in [7, 11) is 1.49. The van der Waals surface area contributed by atoms with Gasteiger partial charge in [0.2, 0.25) is 0 Å². The predicted molar refractivity (Wildman–Crippen MR) is 214 cm³/mol. The molecule has 0 saturated carbocycles. The fraction of sp³-hybridized carbons (Fsp3) is 0.432. The van der Waals surface area contributed by atoms with E-state index in [1.54, 1.807) is 43.5 Å². The summed E-state index contributed by atoms with van der Waals surface area (Å²) in [5, 5.41) is 4.85. The zero-order valence-corrected chi connectivity index (χ0v) is 32.9. The van der Waals surface area contributed by atoms with Crippen molar-refractivity contribution < 1.29 is 37.3 Å². The van der Waals surface area contributed by atoms with Gasteiger partial charge in [0.05, 0.1) is 30.2 Å².